The van der Waals surface area contributed by atoms with E-state index in [-0.39, 0.29) is 0 Å². The number of anilines is 1. The van der Waals surface area contributed by atoms with Crippen molar-refractivity contribution in [3.8, 4) is 10.6 Å². The van der Waals surface area contributed by atoms with Crippen molar-refractivity contribution in [1.29, 1.82) is 0 Å². The molecule has 0 atom stereocenters. The van der Waals surface area contributed by atoms with Gasteiger partial charge in [-0.05, 0) is 38.0 Å². The lowest BCUT2D eigenvalue weighted by Crippen LogP contribution is -2.36. The summed E-state index contributed by atoms with van der Waals surface area (Å²) in [4.78, 5) is 28.8. The largest absolute Gasteiger partial charge is 0.347 e. The van der Waals surface area contributed by atoms with Gasteiger partial charge in [0.05, 0.1) is 5.69 Å². The zero-order valence-electron chi connectivity index (χ0n) is 16.2. The summed E-state index contributed by atoms with van der Waals surface area (Å²) in [6, 6.07) is 13.8. The van der Waals surface area contributed by atoms with Crippen LogP contribution in [0.2, 0.25) is 0 Å². The van der Waals surface area contributed by atoms with Gasteiger partial charge >= 0.3 is 11.8 Å². The van der Waals surface area contributed by atoms with Gasteiger partial charge in [0.2, 0.25) is 0 Å². The molecule has 2 amide bonds. The van der Waals surface area contributed by atoms with Gasteiger partial charge < -0.3 is 10.6 Å². The van der Waals surface area contributed by atoms with Crippen molar-refractivity contribution in [3.05, 3.63) is 70.2 Å². The second-order valence-corrected chi connectivity index (χ2v) is 7.58. The fourth-order valence-electron chi connectivity index (χ4n) is 2.70. The van der Waals surface area contributed by atoms with E-state index in [0.29, 0.717) is 18.7 Å². The lowest BCUT2D eigenvalue weighted by atomic mass is 10.1. The van der Waals surface area contributed by atoms with E-state index in [2.05, 4.69) is 46.8 Å². The average molecular weight is 394 g/mol. The van der Waals surface area contributed by atoms with Gasteiger partial charge in [0, 0.05) is 29.6 Å². The number of nitrogens with one attached hydrogen (secondary N) is 2. The van der Waals surface area contributed by atoms with E-state index < -0.39 is 11.8 Å². The lowest BCUT2D eigenvalue weighted by molar-refractivity contribution is -0.136. The fourth-order valence-corrected chi connectivity index (χ4v) is 3.56. The first-order valence-corrected chi connectivity index (χ1v) is 9.99. The Kier molecular flexibility index (Phi) is 6.21. The van der Waals surface area contributed by atoms with Crippen LogP contribution in [0, 0.1) is 20.8 Å². The van der Waals surface area contributed by atoms with E-state index in [1.54, 1.807) is 17.4 Å². The van der Waals surface area contributed by atoms with Crippen LogP contribution in [0.25, 0.3) is 10.6 Å². The zero-order valence-corrected chi connectivity index (χ0v) is 17.0. The highest BCUT2D eigenvalue weighted by Gasteiger charge is 2.15. The summed E-state index contributed by atoms with van der Waals surface area (Å²) in [5.41, 5.74) is 5.86. The molecule has 0 aliphatic carbocycles. The summed E-state index contributed by atoms with van der Waals surface area (Å²) in [7, 11) is 0. The molecule has 0 saturated carbocycles. The van der Waals surface area contributed by atoms with Gasteiger partial charge in [-0.15, -0.1) is 11.3 Å². The summed E-state index contributed by atoms with van der Waals surface area (Å²) in [6.45, 7) is 6.28. The standard InChI is InChI=1S/C22H23N3O2S/c1-14-7-9-17(10-8-14)22-24-18(13-28-22)11-12-23-20(26)21(27)25-19-6-4-5-15(2)16(19)3/h4-10,13H,11-12H2,1-3H3,(H,23,26)(H,25,27). The predicted octanol–water partition coefficient (Wildman–Crippen LogP) is 4.03. The predicted molar refractivity (Wildman–Crippen MR) is 114 cm³/mol. The van der Waals surface area contributed by atoms with Crippen LogP contribution in [-0.2, 0) is 16.0 Å². The minimum Gasteiger partial charge on any atom is -0.347 e. The molecule has 0 saturated heterocycles. The number of benzene rings is 2. The number of carbonyl (C=O) groups is 2. The third kappa shape index (κ3) is 4.84. The normalized spacial score (nSPS) is 10.5. The topological polar surface area (TPSA) is 71.1 Å². The maximum atomic E-state index is 12.1. The van der Waals surface area contributed by atoms with Gasteiger partial charge in [0.1, 0.15) is 5.01 Å². The van der Waals surface area contributed by atoms with Crippen LogP contribution in [-0.4, -0.2) is 23.3 Å². The van der Waals surface area contributed by atoms with Gasteiger partial charge in [0.25, 0.3) is 0 Å². The summed E-state index contributed by atoms with van der Waals surface area (Å²) >= 11 is 1.58. The van der Waals surface area contributed by atoms with Gasteiger partial charge in [0.15, 0.2) is 0 Å². The van der Waals surface area contributed by atoms with Gasteiger partial charge in [-0.25, -0.2) is 4.98 Å². The maximum Gasteiger partial charge on any atom is 0.313 e. The van der Waals surface area contributed by atoms with Crippen LogP contribution in [0.3, 0.4) is 0 Å². The Labute approximate surface area is 168 Å². The van der Waals surface area contributed by atoms with Crippen LogP contribution in [0.15, 0.2) is 47.8 Å². The number of rotatable bonds is 5. The number of carbonyl (C=O) groups excluding carboxylic acids is 2. The Hall–Kier alpha value is -2.99. The fraction of sp³-hybridized carbons (Fsp3) is 0.227. The average Bonchev–Trinajstić information content (AvgIpc) is 3.14. The van der Waals surface area contributed by atoms with Gasteiger partial charge in [-0.1, -0.05) is 42.0 Å². The maximum absolute atomic E-state index is 12.1. The Morgan fingerprint density at radius 1 is 1.00 bits per heavy atom. The van der Waals surface area contributed by atoms with Crippen LogP contribution >= 0.6 is 11.3 Å². The highest BCUT2D eigenvalue weighted by molar-refractivity contribution is 7.13. The molecule has 0 aliphatic rings. The zero-order chi connectivity index (χ0) is 20.1. The molecule has 0 aliphatic heterocycles. The molecule has 1 aromatic heterocycles. The van der Waals surface area contributed by atoms with Crippen molar-refractivity contribution in [2.75, 3.05) is 11.9 Å². The van der Waals surface area contributed by atoms with Crippen molar-refractivity contribution in [3.63, 3.8) is 0 Å². The van der Waals surface area contributed by atoms with E-state index in [1.807, 2.05) is 31.4 Å². The number of nitrogens with zero attached hydrogens (tertiary/aromatic N) is 1. The summed E-state index contributed by atoms with van der Waals surface area (Å²) in [5, 5.41) is 8.26. The van der Waals surface area contributed by atoms with Crippen LogP contribution in [0.4, 0.5) is 5.69 Å². The summed E-state index contributed by atoms with van der Waals surface area (Å²) in [6.07, 6.45) is 0.574. The molecular weight excluding hydrogens is 370 g/mol. The molecule has 2 aromatic carbocycles. The monoisotopic (exact) mass is 393 g/mol. The highest BCUT2D eigenvalue weighted by atomic mass is 32.1. The molecule has 0 bridgehead atoms. The highest BCUT2D eigenvalue weighted by Crippen LogP contribution is 2.24. The van der Waals surface area contributed by atoms with Crippen molar-refractivity contribution >= 4 is 28.8 Å². The number of thiazole rings is 1. The van der Waals surface area contributed by atoms with Gasteiger partial charge in [-0.2, -0.15) is 0 Å². The molecule has 0 spiro atoms. The van der Waals surface area contributed by atoms with E-state index in [0.717, 1.165) is 27.4 Å². The van der Waals surface area contributed by atoms with E-state index in [4.69, 9.17) is 0 Å². The van der Waals surface area contributed by atoms with Gasteiger partial charge in [-0.3, -0.25) is 9.59 Å². The molecule has 28 heavy (non-hydrogen) atoms. The molecule has 2 N–H and O–H groups in total. The summed E-state index contributed by atoms with van der Waals surface area (Å²) < 4.78 is 0. The van der Waals surface area contributed by atoms with Crippen molar-refractivity contribution in [1.82, 2.24) is 10.3 Å². The third-order valence-electron chi connectivity index (χ3n) is 4.58. The van der Waals surface area contributed by atoms with E-state index in [1.165, 1.54) is 5.56 Å². The molecule has 3 rings (SSSR count). The van der Waals surface area contributed by atoms with E-state index in [9.17, 15) is 9.59 Å². The minimum atomic E-state index is -0.660. The first-order chi connectivity index (χ1) is 13.4. The number of hydrogen-bond donors (Lipinski definition) is 2. The number of aromatic nitrogens is 1. The first kappa shape index (κ1) is 19.8. The Balaban J connectivity index is 1.50. The third-order valence-corrected chi connectivity index (χ3v) is 5.52. The number of aryl methyl sites for hydroxylation is 2. The van der Waals surface area contributed by atoms with E-state index >= 15 is 0 Å². The molecular formula is C22H23N3O2S. The lowest BCUT2D eigenvalue weighted by Gasteiger charge is -2.10. The molecule has 0 unspecified atom stereocenters. The Morgan fingerprint density at radius 3 is 2.50 bits per heavy atom. The smallest absolute Gasteiger partial charge is 0.313 e. The number of amides is 2. The van der Waals surface area contributed by atoms with Crippen LogP contribution in [0.1, 0.15) is 22.4 Å². The molecule has 144 valence electrons. The Morgan fingerprint density at radius 2 is 1.75 bits per heavy atom. The van der Waals surface area contributed by atoms with Crippen molar-refractivity contribution < 1.29 is 9.59 Å². The minimum absolute atomic E-state index is 0.357. The van der Waals surface area contributed by atoms with Crippen molar-refractivity contribution in [2.45, 2.75) is 27.2 Å². The molecule has 3 aromatic rings. The Bertz CT molecular complexity index is 993. The molecule has 6 heteroatoms. The second-order valence-electron chi connectivity index (χ2n) is 6.72. The van der Waals surface area contributed by atoms with Crippen LogP contribution < -0.4 is 10.6 Å². The SMILES string of the molecule is Cc1ccc(-c2nc(CCNC(=O)C(=O)Nc3cccc(C)c3C)cs2)cc1. The molecule has 0 fully saturated rings. The van der Waals surface area contributed by atoms with Crippen molar-refractivity contribution in [2.24, 2.45) is 0 Å². The first-order valence-electron chi connectivity index (χ1n) is 9.11. The second kappa shape index (κ2) is 8.80. The molecule has 1 heterocycles. The summed E-state index contributed by atoms with van der Waals surface area (Å²) in [5.74, 6) is -1.30. The van der Waals surface area contributed by atoms with Crippen LogP contribution in [0.5, 0.6) is 0 Å². The quantitative estimate of drug-likeness (QED) is 0.643. The molecule has 5 nitrogen and oxygen atoms in total. The number of hydrogen-bond acceptors (Lipinski definition) is 4. The molecule has 0 radical (unpaired) electrons.